The summed E-state index contributed by atoms with van der Waals surface area (Å²) in [6.07, 6.45) is 3.08. The van der Waals surface area contributed by atoms with Crippen molar-refractivity contribution < 1.29 is 4.74 Å². The van der Waals surface area contributed by atoms with Crippen LogP contribution in [-0.4, -0.2) is 22.1 Å². The Morgan fingerprint density at radius 1 is 1.50 bits per heavy atom. The van der Waals surface area contributed by atoms with Crippen LogP contribution in [0, 0.1) is 5.41 Å². The van der Waals surface area contributed by atoms with E-state index in [0.717, 1.165) is 18.7 Å². The van der Waals surface area contributed by atoms with Gasteiger partial charge in [0.05, 0.1) is 12.8 Å². The van der Waals surface area contributed by atoms with E-state index in [1.165, 1.54) is 0 Å². The summed E-state index contributed by atoms with van der Waals surface area (Å²) < 4.78 is 6.87. The van der Waals surface area contributed by atoms with Crippen molar-refractivity contribution in [2.24, 2.45) is 5.41 Å². The predicted octanol–water partition coefficient (Wildman–Crippen LogP) is 1.86. The Morgan fingerprint density at radius 2 is 2.21 bits per heavy atom. The predicted molar refractivity (Wildman–Crippen MR) is 54.8 cm³/mol. The van der Waals surface area contributed by atoms with E-state index in [4.69, 9.17) is 4.74 Å². The summed E-state index contributed by atoms with van der Waals surface area (Å²) in [7, 11) is 1.66. The van der Waals surface area contributed by atoms with Gasteiger partial charge in [0.1, 0.15) is 5.69 Å². The van der Waals surface area contributed by atoms with E-state index >= 15 is 0 Å². The third kappa shape index (κ3) is 3.10. The Kier molecular flexibility index (Phi) is 3.63. The van der Waals surface area contributed by atoms with Gasteiger partial charge in [-0.2, -0.15) is 0 Å². The Morgan fingerprint density at radius 3 is 2.79 bits per heavy atom. The molecule has 0 unspecified atom stereocenters. The first-order valence-electron chi connectivity index (χ1n) is 4.95. The summed E-state index contributed by atoms with van der Waals surface area (Å²) in [4.78, 5) is 0. The molecule has 1 rings (SSSR count). The second kappa shape index (κ2) is 4.55. The minimum atomic E-state index is 0.276. The van der Waals surface area contributed by atoms with Crippen molar-refractivity contribution >= 4 is 0 Å². The van der Waals surface area contributed by atoms with Gasteiger partial charge in [-0.05, 0) is 11.8 Å². The van der Waals surface area contributed by atoms with Crippen molar-refractivity contribution in [3.63, 3.8) is 0 Å². The summed E-state index contributed by atoms with van der Waals surface area (Å²) in [5.74, 6) is 0. The Balaban J connectivity index is 2.59. The van der Waals surface area contributed by atoms with Crippen molar-refractivity contribution in [1.82, 2.24) is 15.0 Å². The molecular weight excluding hydrogens is 178 g/mol. The van der Waals surface area contributed by atoms with Crippen LogP contribution in [0.4, 0.5) is 0 Å². The summed E-state index contributed by atoms with van der Waals surface area (Å²) in [5.41, 5.74) is 1.16. The molecule has 0 N–H and O–H groups in total. The van der Waals surface area contributed by atoms with Crippen LogP contribution >= 0.6 is 0 Å². The van der Waals surface area contributed by atoms with E-state index in [1.807, 2.05) is 10.9 Å². The number of hydrogen-bond acceptors (Lipinski definition) is 3. The van der Waals surface area contributed by atoms with Crippen molar-refractivity contribution in [2.75, 3.05) is 7.11 Å². The highest BCUT2D eigenvalue weighted by atomic mass is 16.5. The maximum absolute atomic E-state index is 4.98. The molecule has 4 heteroatoms. The number of methoxy groups -OCH3 is 1. The van der Waals surface area contributed by atoms with E-state index in [2.05, 4.69) is 31.1 Å². The van der Waals surface area contributed by atoms with Crippen molar-refractivity contribution in [3.05, 3.63) is 11.9 Å². The van der Waals surface area contributed by atoms with Gasteiger partial charge in [-0.1, -0.05) is 26.0 Å². The second-order valence-electron chi connectivity index (χ2n) is 4.36. The monoisotopic (exact) mass is 197 g/mol. The molecule has 0 aliphatic heterocycles. The molecule has 1 aromatic heterocycles. The molecule has 0 fully saturated rings. The summed E-state index contributed by atoms with van der Waals surface area (Å²) in [5, 5.41) is 8.07. The van der Waals surface area contributed by atoms with Gasteiger partial charge < -0.3 is 4.74 Å². The molecule has 0 bridgehead atoms. The van der Waals surface area contributed by atoms with Crippen molar-refractivity contribution in [2.45, 2.75) is 40.3 Å². The maximum Gasteiger partial charge on any atom is 0.108 e. The second-order valence-corrected chi connectivity index (χ2v) is 4.36. The molecule has 0 aromatic carbocycles. The van der Waals surface area contributed by atoms with Gasteiger partial charge >= 0.3 is 0 Å². The molecular formula is C10H19N3O. The molecule has 14 heavy (non-hydrogen) atoms. The summed E-state index contributed by atoms with van der Waals surface area (Å²) in [6.45, 7) is 8.08. The topological polar surface area (TPSA) is 39.9 Å². The molecule has 0 saturated heterocycles. The molecule has 80 valence electrons. The standard InChI is InChI=1S/C10H19N3O/c1-5-10(2,3)8-13-6-9(7-14-4)11-12-13/h6H,5,7-8H2,1-4H3. The average Bonchev–Trinajstić information content (AvgIpc) is 2.53. The zero-order chi connectivity index (χ0) is 10.6. The van der Waals surface area contributed by atoms with Gasteiger partial charge in [-0.25, -0.2) is 0 Å². The minimum Gasteiger partial charge on any atom is -0.378 e. The number of rotatable bonds is 5. The Bertz CT molecular complexity index is 281. The van der Waals surface area contributed by atoms with Gasteiger partial charge in [0, 0.05) is 13.7 Å². The van der Waals surface area contributed by atoms with Gasteiger partial charge in [0.25, 0.3) is 0 Å². The first-order valence-corrected chi connectivity index (χ1v) is 4.95. The molecule has 0 amide bonds. The molecule has 0 aliphatic carbocycles. The zero-order valence-electron chi connectivity index (χ0n) is 9.45. The smallest absolute Gasteiger partial charge is 0.108 e. The average molecular weight is 197 g/mol. The van der Waals surface area contributed by atoms with Crippen molar-refractivity contribution in [1.29, 1.82) is 0 Å². The quantitative estimate of drug-likeness (QED) is 0.723. The lowest BCUT2D eigenvalue weighted by molar-refractivity contribution is 0.181. The van der Waals surface area contributed by atoms with E-state index in [9.17, 15) is 0 Å². The lowest BCUT2D eigenvalue weighted by Gasteiger charge is -2.21. The molecule has 4 nitrogen and oxygen atoms in total. The van der Waals surface area contributed by atoms with E-state index in [1.54, 1.807) is 7.11 Å². The molecule has 0 saturated carbocycles. The molecule has 0 radical (unpaired) electrons. The van der Waals surface area contributed by atoms with Crippen LogP contribution in [0.1, 0.15) is 32.9 Å². The van der Waals surface area contributed by atoms with Gasteiger partial charge in [-0.15, -0.1) is 5.10 Å². The highest BCUT2D eigenvalue weighted by molar-refractivity contribution is 4.90. The maximum atomic E-state index is 4.98. The van der Waals surface area contributed by atoms with Crippen LogP contribution in [0.2, 0.25) is 0 Å². The Labute approximate surface area is 85.3 Å². The van der Waals surface area contributed by atoms with Crippen LogP contribution in [0.15, 0.2) is 6.20 Å². The number of hydrogen-bond donors (Lipinski definition) is 0. The number of ether oxygens (including phenoxy) is 1. The fourth-order valence-corrected chi connectivity index (χ4v) is 1.18. The molecule has 1 heterocycles. The fraction of sp³-hybridized carbons (Fsp3) is 0.800. The van der Waals surface area contributed by atoms with Gasteiger partial charge in [-0.3, -0.25) is 4.68 Å². The van der Waals surface area contributed by atoms with Crippen LogP contribution in [0.25, 0.3) is 0 Å². The molecule has 0 aliphatic rings. The van der Waals surface area contributed by atoms with E-state index in [-0.39, 0.29) is 5.41 Å². The molecule has 0 spiro atoms. The first-order chi connectivity index (χ1) is 6.57. The third-order valence-corrected chi connectivity index (χ3v) is 2.43. The lowest BCUT2D eigenvalue weighted by atomic mass is 9.90. The molecule has 0 atom stereocenters. The fourth-order valence-electron chi connectivity index (χ4n) is 1.18. The van der Waals surface area contributed by atoms with Crippen LogP contribution in [0.5, 0.6) is 0 Å². The van der Waals surface area contributed by atoms with Crippen LogP contribution in [0.3, 0.4) is 0 Å². The Hall–Kier alpha value is -0.900. The summed E-state index contributed by atoms with van der Waals surface area (Å²) in [6, 6.07) is 0. The number of nitrogens with zero attached hydrogens (tertiary/aromatic N) is 3. The van der Waals surface area contributed by atoms with Crippen LogP contribution in [-0.2, 0) is 17.9 Å². The normalized spacial score (nSPS) is 12.0. The van der Waals surface area contributed by atoms with E-state index < -0.39 is 0 Å². The number of aromatic nitrogens is 3. The van der Waals surface area contributed by atoms with E-state index in [0.29, 0.717) is 6.61 Å². The highest BCUT2D eigenvalue weighted by Gasteiger charge is 2.16. The van der Waals surface area contributed by atoms with Crippen molar-refractivity contribution in [3.8, 4) is 0 Å². The molecule has 1 aromatic rings. The van der Waals surface area contributed by atoms with Gasteiger partial charge in [0.15, 0.2) is 0 Å². The minimum absolute atomic E-state index is 0.276. The largest absolute Gasteiger partial charge is 0.378 e. The lowest BCUT2D eigenvalue weighted by Crippen LogP contribution is -2.18. The van der Waals surface area contributed by atoms with Crippen LogP contribution < -0.4 is 0 Å². The zero-order valence-corrected chi connectivity index (χ0v) is 9.45. The first kappa shape index (κ1) is 11.2. The van der Waals surface area contributed by atoms with Gasteiger partial charge in [0.2, 0.25) is 0 Å². The third-order valence-electron chi connectivity index (χ3n) is 2.43. The highest BCUT2D eigenvalue weighted by Crippen LogP contribution is 2.21. The SMILES string of the molecule is CCC(C)(C)Cn1cc(COC)nn1. The summed E-state index contributed by atoms with van der Waals surface area (Å²) >= 11 is 0.